The summed E-state index contributed by atoms with van der Waals surface area (Å²) in [5, 5.41) is 10.8. The molecule has 0 bridgehead atoms. The number of nitrogens with zero attached hydrogens (tertiary/aromatic N) is 2. The molecule has 1 aromatic carbocycles. The monoisotopic (exact) mass is 239 g/mol. The molecule has 0 saturated carbocycles. The molecule has 92 valence electrons. The largest absolute Gasteiger partial charge is 0.326 e. The van der Waals surface area contributed by atoms with Gasteiger partial charge in [-0.05, 0) is 18.6 Å². The summed E-state index contributed by atoms with van der Waals surface area (Å²) in [6.07, 6.45) is 0.878. The summed E-state index contributed by atoms with van der Waals surface area (Å²) < 4.78 is 13.1. The normalized spacial score (nSPS) is 20.7. The summed E-state index contributed by atoms with van der Waals surface area (Å²) in [6.45, 7) is 1.88. The smallest absolute Gasteiger partial charge is 0.274 e. The van der Waals surface area contributed by atoms with E-state index in [9.17, 15) is 14.5 Å². The number of benzene rings is 1. The van der Waals surface area contributed by atoms with Crippen LogP contribution in [0.1, 0.15) is 12.0 Å². The van der Waals surface area contributed by atoms with E-state index in [0.717, 1.165) is 19.0 Å². The fourth-order valence-corrected chi connectivity index (χ4v) is 2.11. The lowest BCUT2D eigenvalue weighted by atomic mass is 10.1. The van der Waals surface area contributed by atoms with Crippen molar-refractivity contribution in [2.45, 2.75) is 19.0 Å². The minimum absolute atomic E-state index is 0.0353. The van der Waals surface area contributed by atoms with Crippen molar-refractivity contribution in [3.8, 4) is 0 Å². The molecule has 1 fully saturated rings. The molecule has 17 heavy (non-hydrogen) atoms. The summed E-state index contributed by atoms with van der Waals surface area (Å²) in [5.41, 5.74) is 6.13. The van der Waals surface area contributed by atoms with E-state index < -0.39 is 10.7 Å². The van der Waals surface area contributed by atoms with Crippen LogP contribution in [0, 0.1) is 15.9 Å². The van der Waals surface area contributed by atoms with Gasteiger partial charge < -0.3 is 5.73 Å². The molecule has 2 N–H and O–H groups in total. The van der Waals surface area contributed by atoms with Crippen LogP contribution in [-0.4, -0.2) is 29.0 Å². The van der Waals surface area contributed by atoms with Crippen molar-refractivity contribution in [2.24, 2.45) is 5.73 Å². The van der Waals surface area contributed by atoms with Crippen LogP contribution in [-0.2, 0) is 6.54 Å². The summed E-state index contributed by atoms with van der Waals surface area (Å²) >= 11 is 0. The number of hydrogen-bond donors (Lipinski definition) is 1. The third-order valence-electron chi connectivity index (χ3n) is 2.94. The van der Waals surface area contributed by atoms with Gasteiger partial charge in [0.05, 0.1) is 4.92 Å². The first-order valence-electron chi connectivity index (χ1n) is 5.47. The lowest BCUT2D eigenvalue weighted by Crippen LogP contribution is -2.26. The molecule has 0 amide bonds. The number of rotatable bonds is 3. The Morgan fingerprint density at radius 1 is 1.59 bits per heavy atom. The highest BCUT2D eigenvalue weighted by Crippen LogP contribution is 2.22. The van der Waals surface area contributed by atoms with Crippen LogP contribution in [0.5, 0.6) is 0 Å². The summed E-state index contributed by atoms with van der Waals surface area (Å²) in [5.74, 6) is -0.450. The average molecular weight is 239 g/mol. The van der Waals surface area contributed by atoms with Gasteiger partial charge in [-0.2, -0.15) is 0 Å². The van der Waals surface area contributed by atoms with Gasteiger partial charge in [0.1, 0.15) is 5.82 Å². The third kappa shape index (κ3) is 2.78. The number of halogens is 1. The van der Waals surface area contributed by atoms with Crippen molar-refractivity contribution in [2.75, 3.05) is 13.1 Å². The maximum absolute atomic E-state index is 13.1. The summed E-state index contributed by atoms with van der Waals surface area (Å²) in [7, 11) is 0. The maximum Gasteiger partial charge on any atom is 0.274 e. The molecule has 1 aliphatic heterocycles. The zero-order chi connectivity index (χ0) is 12.4. The van der Waals surface area contributed by atoms with Gasteiger partial charge in [0.2, 0.25) is 0 Å². The number of hydrogen-bond acceptors (Lipinski definition) is 4. The molecule has 0 radical (unpaired) electrons. The molecule has 2 rings (SSSR count). The van der Waals surface area contributed by atoms with E-state index in [2.05, 4.69) is 0 Å². The van der Waals surface area contributed by atoms with Crippen molar-refractivity contribution in [3.05, 3.63) is 39.7 Å². The Hall–Kier alpha value is -1.53. The van der Waals surface area contributed by atoms with Crippen molar-refractivity contribution in [1.82, 2.24) is 4.90 Å². The second kappa shape index (κ2) is 4.77. The van der Waals surface area contributed by atoms with Gasteiger partial charge in [0.25, 0.3) is 5.69 Å². The van der Waals surface area contributed by atoms with E-state index in [1.54, 1.807) is 0 Å². The second-order valence-electron chi connectivity index (χ2n) is 4.31. The van der Waals surface area contributed by atoms with Crippen LogP contribution in [0.2, 0.25) is 0 Å². The third-order valence-corrected chi connectivity index (χ3v) is 2.94. The fraction of sp³-hybridized carbons (Fsp3) is 0.455. The number of likely N-dealkylation sites (tertiary alicyclic amines) is 1. The first-order chi connectivity index (χ1) is 8.06. The number of nitrogens with two attached hydrogens (primary N) is 1. The molecule has 0 aromatic heterocycles. The second-order valence-corrected chi connectivity index (χ2v) is 4.31. The van der Waals surface area contributed by atoms with Crippen LogP contribution < -0.4 is 5.73 Å². The van der Waals surface area contributed by atoms with E-state index in [1.165, 1.54) is 12.1 Å². The van der Waals surface area contributed by atoms with E-state index in [1.807, 2.05) is 4.90 Å². The van der Waals surface area contributed by atoms with E-state index in [-0.39, 0.29) is 11.7 Å². The van der Waals surface area contributed by atoms with Gasteiger partial charge in [0.15, 0.2) is 0 Å². The van der Waals surface area contributed by atoms with Gasteiger partial charge in [-0.15, -0.1) is 0 Å². The van der Waals surface area contributed by atoms with Crippen molar-refractivity contribution in [1.29, 1.82) is 0 Å². The molecule has 1 aliphatic rings. The van der Waals surface area contributed by atoms with E-state index in [4.69, 9.17) is 5.73 Å². The Kier molecular flexibility index (Phi) is 3.35. The standard InChI is InChI=1S/C11H14FN3O2/c12-9-1-2-11(15(16)17)8(5-9)6-14-4-3-10(13)7-14/h1-2,5,10H,3-4,6-7,13H2. The quantitative estimate of drug-likeness (QED) is 0.636. The molecule has 0 spiro atoms. The van der Waals surface area contributed by atoms with Crippen LogP contribution in [0.3, 0.4) is 0 Å². The summed E-state index contributed by atoms with van der Waals surface area (Å²) in [6, 6.07) is 3.66. The maximum atomic E-state index is 13.1. The molecule has 1 unspecified atom stereocenters. The molecule has 1 saturated heterocycles. The Morgan fingerprint density at radius 3 is 2.94 bits per heavy atom. The minimum atomic E-state index is -0.481. The lowest BCUT2D eigenvalue weighted by molar-refractivity contribution is -0.385. The van der Waals surface area contributed by atoms with Gasteiger partial charge in [0, 0.05) is 37.3 Å². The lowest BCUT2D eigenvalue weighted by Gasteiger charge is -2.15. The zero-order valence-corrected chi connectivity index (χ0v) is 9.30. The average Bonchev–Trinajstić information content (AvgIpc) is 2.63. The zero-order valence-electron chi connectivity index (χ0n) is 9.30. The molecule has 1 heterocycles. The molecule has 0 aliphatic carbocycles. The topological polar surface area (TPSA) is 72.4 Å². The Balaban J connectivity index is 2.19. The first-order valence-corrected chi connectivity index (χ1v) is 5.47. The predicted molar refractivity (Wildman–Crippen MR) is 60.9 cm³/mol. The van der Waals surface area contributed by atoms with E-state index in [0.29, 0.717) is 18.7 Å². The molecular formula is C11H14FN3O2. The molecule has 1 aromatic rings. The molecular weight excluding hydrogens is 225 g/mol. The highest BCUT2D eigenvalue weighted by atomic mass is 19.1. The first kappa shape index (κ1) is 11.9. The van der Waals surface area contributed by atoms with Crippen molar-refractivity contribution < 1.29 is 9.31 Å². The molecule has 6 heteroatoms. The van der Waals surface area contributed by atoms with Gasteiger partial charge >= 0.3 is 0 Å². The predicted octanol–water partition coefficient (Wildman–Crippen LogP) is 1.27. The van der Waals surface area contributed by atoms with Crippen molar-refractivity contribution in [3.63, 3.8) is 0 Å². The molecule has 5 nitrogen and oxygen atoms in total. The van der Waals surface area contributed by atoms with Gasteiger partial charge in [-0.3, -0.25) is 15.0 Å². The highest BCUT2D eigenvalue weighted by Gasteiger charge is 2.22. The van der Waals surface area contributed by atoms with Crippen LogP contribution in [0.15, 0.2) is 18.2 Å². The van der Waals surface area contributed by atoms with Crippen LogP contribution >= 0.6 is 0 Å². The highest BCUT2D eigenvalue weighted by molar-refractivity contribution is 5.40. The SMILES string of the molecule is NC1CCN(Cc2cc(F)ccc2[N+](=O)[O-])C1. The van der Waals surface area contributed by atoms with Crippen LogP contribution in [0.25, 0.3) is 0 Å². The minimum Gasteiger partial charge on any atom is -0.326 e. The Morgan fingerprint density at radius 2 is 2.35 bits per heavy atom. The Labute approximate surface area is 98.2 Å². The van der Waals surface area contributed by atoms with Gasteiger partial charge in [-0.1, -0.05) is 0 Å². The Bertz CT molecular complexity index is 439. The van der Waals surface area contributed by atoms with Crippen LogP contribution in [0.4, 0.5) is 10.1 Å². The summed E-state index contributed by atoms with van der Waals surface area (Å²) in [4.78, 5) is 12.3. The van der Waals surface area contributed by atoms with E-state index >= 15 is 0 Å². The van der Waals surface area contributed by atoms with Crippen molar-refractivity contribution >= 4 is 5.69 Å². The number of nitro groups is 1. The van der Waals surface area contributed by atoms with Gasteiger partial charge in [-0.25, -0.2) is 4.39 Å². The number of nitro benzene ring substituents is 1. The fourth-order valence-electron chi connectivity index (χ4n) is 2.11. The molecule has 1 atom stereocenters.